The van der Waals surface area contributed by atoms with Crippen molar-refractivity contribution < 1.29 is 9.21 Å². The van der Waals surface area contributed by atoms with E-state index in [-0.39, 0.29) is 12.5 Å². The molecule has 0 aliphatic rings. The van der Waals surface area contributed by atoms with E-state index in [4.69, 9.17) is 16.0 Å². The van der Waals surface area contributed by atoms with E-state index in [1.807, 2.05) is 19.1 Å². The van der Waals surface area contributed by atoms with Gasteiger partial charge in [-0.3, -0.25) is 9.78 Å². The highest BCUT2D eigenvalue weighted by molar-refractivity contribution is 6.30. The summed E-state index contributed by atoms with van der Waals surface area (Å²) in [5.41, 5.74) is 2.11. The topological polar surface area (TPSA) is 80.9 Å². The molecule has 2 heterocycles. The van der Waals surface area contributed by atoms with Gasteiger partial charge in [0.25, 0.3) is 5.91 Å². The maximum atomic E-state index is 12.0. The lowest BCUT2D eigenvalue weighted by Gasteiger charge is -2.02. The van der Waals surface area contributed by atoms with E-state index < -0.39 is 0 Å². The number of hydrogen-bond acceptors (Lipinski definition) is 5. The van der Waals surface area contributed by atoms with Crippen LogP contribution in [0.4, 0.5) is 0 Å². The molecule has 3 aromatic rings. The van der Waals surface area contributed by atoms with E-state index in [0.717, 1.165) is 11.3 Å². The first-order chi connectivity index (χ1) is 11.1. The van der Waals surface area contributed by atoms with Gasteiger partial charge in [-0.25, -0.2) is 0 Å². The summed E-state index contributed by atoms with van der Waals surface area (Å²) in [5, 5.41) is 11.1. The number of pyridine rings is 1. The molecule has 0 aliphatic heterocycles. The van der Waals surface area contributed by atoms with Crippen LogP contribution in [0.5, 0.6) is 0 Å². The average Bonchev–Trinajstić information content (AvgIpc) is 3.02. The van der Waals surface area contributed by atoms with Gasteiger partial charge in [0.05, 0.1) is 12.1 Å². The first-order valence-corrected chi connectivity index (χ1v) is 7.29. The van der Waals surface area contributed by atoms with Crippen LogP contribution in [0, 0.1) is 6.92 Å². The van der Waals surface area contributed by atoms with E-state index in [2.05, 4.69) is 20.5 Å². The molecule has 6 nitrogen and oxygen atoms in total. The van der Waals surface area contributed by atoms with Crippen molar-refractivity contribution in [2.75, 3.05) is 0 Å². The van der Waals surface area contributed by atoms with E-state index in [9.17, 15) is 4.79 Å². The summed E-state index contributed by atoms with van der Waals surface area (Å²) >= 11 is 5.86. The summed E-state index contributed by atoms with van der Waals surface area (Å²) in [7, 11) is 0. The van der Waals surface area contributed by atoms with Crippen LogP contribution >= 0.6 is 11.6 Å². The molecule has 7 heteroatoms. The lowest BCUT2D eigenvalue weighted by atomic mass is 10.2. The van der Waals surface area contributed by atoms with Crippen molar-refractivity contribution in [3.05, 3.63) is 64.8 Å². The van der Waals surface area contributed by atoms with Gasteiger partial charge >= 0.3 is 0 Å². The van der Waals surface area contributed by atoms with Crippen LogP contribution in [0.15, 0.2) is 47.0 Å². The average molecular weight is 329 g/mol. The Hall–Kier alpha value is -2.73. The summed E-state index contributed by atoms with van der Waals surface area (Å²) in [6.45, 7) is 2.03. The molecule has 0 spiro atoms. The Morgan fingerprint density at radius 2 is 2.13 bits per heavy atom. The molecule has 0 unspecified atom stereocenters. The zero-order valence-corrected chi connectivity index (χ0v) is 13.0. The second-order valence-electron chi connectivity index (χ2n) is 4.88. The number of hydrogen-bond donors (Lipinski definition) is 1. The highest BCUT2D eigenvalue weighted by atomic mass is 35.5. The van der Waals surface area contributed by atoms with Crippen molar-refractivity contribution in [3.8, 4) is 11.5 Å². The number of halogens is 1. The Labute approximate surface area is 137 Å². The summed E-state index contributed by atoms with van der Waals surface area (Å²) in [4.78, 5) is 16.2. The zero-order valence-electron chi connectivity index (χ0n) is 12.3. The minimum atomic E-state index is -0.260. The smallest absolute Gasteiger partial charge is 0.251 e. The van der Waals surface area contributed by atoms with Gasteiger partial charge in [-0.15, -0.1) is 10.2 Å². The number of amides is 1. The molecule has 1 N–H and O–H groups in total. The highest BCUT2D eigenvalue weighted by Gasteiger charge is 2.11. The molecule has 0 fully saturated rings. The van der Waals surface area contributed by atoms with E-state index >= 15 is 0 Å². The summed E-state index contributed by atoms with van der Waals surface area (Å²) in [5.74, 6) is 0.421. The van der Waals surface area contributed by atoms with E-state index in [1.165, 1.54) is 0 Å². The molecule has 0 bridgehead atoms. The lowest BCUT2D eigenvalue weighted by molar-refractivity contribution is 0.0947. The van der Waals surface area contributed by atoms with Gasteiger partial charge in [-0.1, -0.05) is 17.7 Å². The van der Waals surface area contributed by atoms with Crippen molar-refractivity contribution in [2.24, 2.45) is 0 Å². The number of benzene rings is 1. The first-order valence-electron chi connectivity index (χ1n) is 6.91. The molecule has 1 aromatic carbocycles. The predicted molar refractivity (Wildman–Crippen MR) is 84.9 cm³/mol. The molecule has 0 saturated heterocycles. The maximum Gasteiger partial charge on any atom is 0.251 e. The minimum Gasteiger partial charge on any atom is -0.419 e. The van der Waals surface area contributed by atoms with Crippen molar-refractivity contribution in [3.63, 3.8) is 0 Å². The van der Waals surface area contributed by atoms with E-state index in [0.29, 0.717) is 22.4 Å². The Kier molecular flexibility index (Phi) is 4.34. The molecule has 0 aliphatic carbocycles. The highest BCUT2D eigenvalue weighted by Crippen LogP contribution is 2.17. The number of rotatable bonds is 4. The number of nitrogens with zero attached hydrogens (tertiary/aromatic N) is 3. The van der Waals surface area contributed by atoms with Crippen molar-refractivity contribution >= 4 is 17.5 Å². The molecule has 2 aromatic heterocycles. The zero-order chi connectivity index (χ0) is 16.2. The van der Waals surface area contributed by atoms with Crippen LogP contribution in [0.1, 0.15) is 21.9 Å². The predicted octanol–water partition coefficient (Wildman–Crippen LogP) is 3.02. The molecule has 116 valence electrons. The summed E-state index contributed by atoms with van der Waals surface area (Å²) < 4.78 is 5.52. The maximum absolute atomic E-state index is 12.0. The molecule has 1 amide bonds. The lowest BCUT2D eigenvalue weighted by Crippen LogP contribution is -2.22. The van der Waals surface area contributed by atoms with Crippen LogP contribution in [0.25, 0.3) is 11.5 Å². The van der Waals surface area contributed by atoms with Crippen LogP contribution < -0.4 is 5.32 Å². The standard InChI is InChI=1S/C16H13ClN4O2/c1-10-5-6-12(8-18-10)16-21-20-14(23-16)9-19-15(22)11-3-2-4-13(17)7-11/h2-8H,9H2,1H3,(H,19,22). The number of aryl methyl sites for hydroxylation is 1. The second-order valence-corrected chi connectivity index (χ2v) is 5.32. The SMILES string of the molecule is Cc1ccc(-c2nnc(CNC(=O)c3cccc(Cl)c3)o2)cn1. The fourth-order valence-corrected chi connectivity index (χ4v) is 2.11. The van der Waals surface area contributed by atoms with Crippen LogP contribution in [0.2, 0.25) is 5.02 Å². The van der Waals surface area contributed by atoms with E-state index in [1.54, 1.807) is 30.5 Å². The minimum absolute atomic E-state index is 0.137. The molecule has 23 heavy (non-hydrogen) atoms. The quantitative estimate of drug-likeness (QED) is 0.796. The summed E-state index contributed by atoms with van der Waals surface area (Å²) in [6.07, 6.45) is 1.66. The van der Waals surface area contributed by atoms with Gasteiger partial charge in [0.2, 0.25) is 11.8 Å². The molecular formula is C16H13ClN4O2. The molecule has 0 atom stereocenters. The van der Waals surface area contributed by atoms with Gasteiger partial charge in [0.1, 0.15) is 0 Å². The van der Waals surface area contributed by atoms with Crippen molar-refractivity contribution in [2.45, 2.75) is 13.5 Å². The Balaban J connectivity index is 1.65. The van der Waals surface area contributed by atoms with Gasteiger partial charge in [-0.05, 0) is 37.3 Å². The van der Waals surface area contributed by atoms with Gasteiger partial charge in [-0.2, -0.15) is 0 Å². The van der Waals surface area contributed by atoms with Gasteiger partial charge in [0.15, 0.2) is 0 Å². The Morgan fingerprint density at radius 3 is 2.87 bits per heavy atom. The molecule has 3 rings (SSSR count). The summed E-state index contributed by atoms with van der Waals surface area (Å²) in [6, 6.07) is 10.4. The normalized spacial score (nSPS) is 10.5. The largest absolute Gasteiger partial charge is 0.419 e. The van der Waals surface area contributed by atoms with Gasteiger partial charge < -0.3 is 9.73 Å². The van der Waals surface area contributed by atoms with Crippen LogP contribution in [-0.4, -0.2) is 21.1 Å². The van der Waals surface area contributed by atoms with Crippen molar-refractivity contribution in [1.82, 2.24) is 20.5 Å². The number of carbonyl (C=O) groups excluding carboxylic acids is 1. The molecule has 0 radical (unpaired) electrons. The monoisotopic (exact) mass is 328 g/mol. The number of nitrogens with one attached hydrogen (secondary N) is 1. The third-order valence-corrected chi connectivity index (χ3v) is 3.35. The Morgan fingerprint density at radius 1 is 1.26 bits per heavy atom. The fraction of sp³-hybridized carbons (Fsp3) is 0.125. The number of carbonyl (C=O) groups is 1. The van der Waals surface area contributed by atoms with Gasteiger partial charge in [0, 0.05) is 22.5 Å². The van der Waals surface area contributed by atoms with Crippen LogP contribution in [-0.2, 0) is 6.54 Å². The second kappa shape index (κ2) is 6.58. The third kappa shape index (κ3) is 3.73. The fourth-order valence-electron chi connectivity index (χ4n) is 1.92. The molecule has 0 saturated carbocycles. The number of aromatic nitrogens is 3. The Bertz CT molecular complexity index is 830. The van der Waals surface area contributed by atoms with Crippen molar-refractivity contribution in [1.29, 1.82) is 0 Å². The first kappa shape index (κ1) is 15.2. The van der Waals surface area contributed by atoms with Crippen LogP contribution in [0.3, 0.4) is 0 Å². The third-order valence-electron chi connectivity index (χ3n) is 3.11. The molecular weight excluding hydrogens is 316 g/mol.